The molecule has 0 atom stereocenters. The minimum atomic E-state index is 0.262. The first-order valence-corrected chi connectivity index (χ1v) is 10.6. The van der Waals surface area contributed by atoms with Crippen molar-refractivity contribution in [3.8, 4) is 23.0 Å². The molecule has 31 heavy (non-hydrogen) atoms. The molecule has 0 unspecified atom stereocenters. The maximum atomic E-state index is 5.70. The Balaban J connectivity index is 1.20. The quantitative estimate of drug-likeness (QED) is 0.552. The van der Waals surface area contributed by atoms with Crippen molar-refractivity contribution in [2.45, 2.75) is 6.54 Å². The third kappa shape index (κ3) is 4.47. The van der Waals surface area contributed by atoms with Gasteiger partial charge in [0.05, 0.1) is 6.54 Å². The number of nitrogens with zero attached hydrogens (tertiary/aromatic N) is 3. The van der Waals surface area contributed by atoms with E-state index in [-0.39, 0.29) is 6.79 Å². The second-order valence-electron chi connectivity index (χ2n) is 7.64. The largest absolute Gasteiger partial charge is 0.454 e. The summed E-state index contributed by atoms with van der Waals surface area (Å²) in [5, 5.41) is 3.44. The minimum Gasteiger partial charge on any atom is -0.454 e. The molecule has 1 saturated heterocycles. The van der Waals surface area contributed by atoms with Crippen molar-refractivity contribution in [3.05, 3.63) is 42.0 Å². The zero-order valence-electron chi connectivity index (χ0n) is 17.4. The molecule has 9 nitrogen and oxygen atoms in total. The summed E-state index contributed by atoms with van der Waals surface area (Å²) >= 11 is 0. The predicted molar refractivity (Wildman–Crippen MR) is 117 cm³/mol. The van der Waals surface area contributed by atoms with E-state index < -0.39 is 0 Å². The number of ether oxygens (including phenoxy) is 4. The molecule has 0 spiro atoms. The zero-order valence-corrected chi connectivity index (χ0v) is 17.4. The summed E-state index contributed by atoms with van der Waals surface area (Å²) in [5.41, 5.74) is 7.85. The van der Waals surface area contributed by atoms with Gasteiger partial charge in [-0.15, -0.1) is 0 Å². The Hall–Kier alpha value is -3.17. The van der Waals surface area contributed by atoms with Crippen molar-refractivity contribution in [1.29, 1.82) is 0 Å². The van der Waals surface area contributed by atoms with Gasteiger partial charge >= 0.3 is 0 Å². The molecule has 0 aliphatic carbocycles. The molecule has 0 aromatic heterocycles. The maximum Gasteiger partial charge on any atom is 0.231 e. The summed E-state index contributed by atoms with van der Waals surface area (Å²) in [6.45, 7) is 6.18. The van der Waals surface area contributed by atoms with E-state index in [2.05, 4.69) is 32.2 Å². The van der Waals surface area contributed by atoms with Crippen LogP contribution in [0.1, 0.15) is 5.56 Å². The summed E-state index contributed by atoms with van der Waals surface area (Å²) in [6, 6.07) is 12.0. The first-order chi connectivity index (χ1) is 15.3. The number of piperazine rings is 1. The van der Waals surface area contributed by atoms with Crippen LogP contribution in [0.5, 0.6) is 23.0 Å². The van der Waals surface area contributed by atoms with Gasteiger partial charge in [0.1, 0.15) is 0 Å². The maximum absolute atomic E-state index is 5.70. The number of hydrogen-bond donors (Lipinski definition) is 2. The molecule has 1 fully saturated rings. The number of guanidine groups is 1. The Labute approximate surface area is 181 Å². The van der Waals surface area contributed by atoms with Gasteiger partial charge in [-0.2, -0.15) is 0 Å². The summed E-state index contributed by atoms with van der Waals surface area (Å²) in [5.74, 6) is 4.01. The second kappa shape index (κ2) is 8.91. The monoisotopic (exact) mass is 425 g/mol. The van der Waals surface area contributed by atoms with Crippen LogP contribution in [0.15, 0.2) is 41.4 Å². The molecule has 2 aromatic carbocycles. The number of hydrogen-bond acceptors (Lipinski definition) is 7. The molecule has 2 aromatic rings. The normalized spacial score (nSPS) is 17.8. The fourth-order valence-corrected chi connectivity index (χ4v) is 3.91. The molecular weight excluding hydrogens is 398 g/mol. The van der Waals surface area contributed by atoms with E-state index in [0.717, 1.165) is 67.4 Å². The van der Waals surface area contributed by atoms with E-state index in [1.807, 2.05) is 24.3 Å². The average molecular weight is 425 g/mol. The Morgan fingerprint density at radius 1 is 0.871 bits per heavy atom. The number of anilines is 1. The van der Waals surface area contributed by atoms with Crippen molar-refractivity contribution < 1.29 is 18.9 Å². The summed E-state index contributed by atoms with van der Waals surface area (Å²) in [7, 11) is 0. The lowest BCUT2D eigenvalue weighted by atomic mass is 10.1. The van der Waals surface area contributed by atoms with Gasteiger partial charge in [0, 0.05) is 51.0 Å². The predicted octanol–water partition coefficient (Wildman–Crippen LogP) is 1.69. The number of benzene rings is 2. The van der Waals surface area contributed by atoms with Crippen molar-refractivity contribution in [1.82, 2.24) is 9.80 Å². The van der Waals surface area contributed by atoms with Crippen LogP contribution in [0.2, 0.25) is 0 Å². The standard InChI is InChI=1S/C22H27N5O4/c23-5-6-24-22(25-17-2-4-19-21(12-17)31-15-29-19)27-9-7-26(8-10-27)13-16-1-3-18-20(11-16)30-14-28-18/h1-4,11-12H,5-10,13-15,23H2,(H,24,25). The highest BCUT2D eigenvalue weighted by Crippen LogP contribution is 2.34. The third-order valence-corrected chi connectivity index (χ3v) is 5.53. The van der Waals surface area contributed by atoms with E-state index in [1.165, 1.54) is 5.56 Å². The van der Waals surface area contributed by atoms with Crippen LogP contribution in [0, 0.1) is 0 Å². The Morgan fingerprint density at radius 2 is 1.55 bits per heavy atom. The van der Waals surface area contributed by atoms with E-state index in [0.29, 0.717) is 19.9 Å². The van der Waals surface area contributed by atoms with Gasteiger partial charge in [-0.3, -0.25) is 9.89 Å². The highest BCUT2D eigenvalue weighted by atomic mass is 16.7. The molecule has 164 valence electrons. The first-order valence-electron chi connectivity index (χ1n) is 10.6. The molecular formula is C22H27N5O4. The number of fused-ring (bicyclic) bond motifs is 2. The van der Waals surface area contributed by atoms with Crippen molar-refractivity contribution in [2.24, 2.45) is 10.7 Å². The van der Waals surface area contributed by atoms with E-state index >= 15 is 0 Å². The average Bonchev–Trinajstić information content (AvgIpc) is 3.46. The molecule has 0 radical (unpaired) electrons. The van der Waals surface area contributed by atoms with Crippen molar-refractivity contribution >= 4 is 11.6 Å². The van der Waals surface area contributed by atoms with Crippen LogP contribution in [0.25, 0.3) is 0 Å². The fourth-order valence-electron chi connectivity index (χ4n) is 3.91. The zero-order chi connectivity index (χ0) is 21.0. The second-order valence-corrected chi connectivity index (χ2v) is 7.64. The van der Waals surface area contributed by atoms with E-state index in [1.54, 1.807) is 0 Å². The lowest BCUT2D eigenvalue weighted by molar-refractivity contribution is 0.172. The topological polar surface area (TPSA) is 93.8 Å². The molecule has 0 amide bonds. The molecule has 9 heteroatoms. The van der Waals surface area contributed by atoms with Gasteiger partial charge in [0.25, 0.3) is 0 Å². The van der Waals surface area contributed by atoms with Gasteiger partial charge in [0.15, 0.2) is 29.0 Å². The molecule has 5 rings (SSSR count). The van der Waals surface area contributed by atoms with Crippen LogP contribution in [-0.2, 0) is 6.54 Å². The van der Waals surface area contributed by atoms with Crippen molar-refractivity contribution in [3.63, 3.8) is 0 Å². The Morgan fingerprint density at radius 3 is 2.29 bits per heavy atom. The fraction of sp³-hybridized carbons (Fsp3) is 0.409. The Kier molecular flexibility index (Phi) is 5.68. The summed E-state index contributed by atoms with van der Waals surface area (Å²) in [6.07, 6.45) is 0. The SMILES string of the molecule is NCCN=C(Nc1ccc2c(c1)OCO2)N1CCN(Cc2ccc3c(c2)OCO3)CC1. The number of nitrogens with two attached hydrogens (primary N) is 1. The molecule has 3 aliphatic rings. The first kappa shape index (κ1) is 19.8. The van der Waals surface area contributed by atoms with Crippen molar-refractivity contribution in [2.75, 3.05) is 58.2 Å². The molecule has 0 saturated carbocycles. The van der Waals surface area contributed by atoms with E-state index in [9.17, 15) is 0 Å². The number of nitrogens with one attached hydrogen (secondary N) is 1. The number of rotatable bonds is 5. The number of aliphatic imine (C=N–C) groups is 1. The minimum absolute atomic E-state index is 0.262. The van der Waals surface area contributed by atoms with Crippen LogP contribution in [0.3, 0.4) is 0 Å². The third-order valence-electron chi connectivity index (χ3n) is 5.53. The smallest absolute Gasteiger partial charge is 0.231 e. The van der Waals surface area contributed by atoms with Gasteiger partial charge in [-0.05, 0) is 29.8 Å². The molecule has 3 N–H and O–H groups in total. The molecule has 0 bridgehead atoms. The highest BCUT2D eigenvalue weighted by molar-refractivity contribution is 5.94. The van der Waals surface area contributed by atoms with Crippen LogP contribution in [-0.4, -0.2) is 68.6 Å². The van der Waals surface area contributed by atoms with Gasteiger partial charge < -0.3 is 34.9 Å². The van der Waals surface area contributed by atoms with Gasteiger partial charge in [-0.1, -0.05) is 6.07 Å². The summed E-state index contributed by atoms with van der Waals surface area (Å²) < 4.78 is 21.8. The molecule has 3 aliphatic heterocycles. The van der Waals surface area contributed by atoms with Crippen LogP contribution >= 0.6 is 0 Å². The molecule has 3 heterocycles. The van der Waals surface area contributed by atoms with Gasteiger partial charge in [-0.25, -0.2) is 0 Å². The highest BCUT2D eigenvalue weighted by Gasteiger charge is 2.22. The van der Waals surface area contributed by atoms with Crippen LogP contribution in [0.4, 0.5) is 5.69 Å². The summed E-state index contributed by atoms with van der Waals surface area (Å²) in [4.78, 5) is 9.40. The van der Waals surface area contributed by atoms with Gasteiger partial charge in [0.2, 0.25) is 13.6 Å². The lowest BCUT2D eigenvalue weighted by Gasteiger charge is -2.36. The van der Waals surface area contributed by atoms with Crippen LogP contribution < -0.4 is 30.0 Å². The Bertz CT molecular complexity index is 959. The lowest BCUT2D eigenvalue weighted by Crippen LogP contribution is -2.50. The van der Waals surface area contributed by atoms with E-state index in [4.69, 9.17) is 24.7 Å².